The molecule has 1 amide bonds. The predicted molar refractivity (Wildman–Crippen MR) is 74.9 cm³/mol. The monoisotopic (exact) mass is 271 g/mol. The maximum absolute atomic E-state index is 12.1. The summed E-state index contributed by atoms with van der Waals surface area (Å²) < 4.78 is 5.17. The largest absolute Gasteiger partial charge is 0.338 e. The van der Waals surface area contributed by atoms with Gasteiger partial charge in [0.2, 0.25) is 11.8 Å². The van der Waals surface area contributed by atoms with Crippen molar-refractivity contribution >= 4 is 11.8 Å². The first kappa shape index (κ1) is 12.8. The van der Waals surface area contributed by atoms with Gasteiger partial charge in [0.25, 0.3) is 0 Å². The molecule has 0 saturated heterocycles. The van der Waals surface area contributed by atoms with Gasteiger partial charge >= 0.3 is 0 Å². The van der Waals surface area contributed by atoms with Crippen LogP contribution in [0.5, 0.6) is 0 Å². The van der Waals surface area contributed by atoms with Crippen molar-refractivity contribution in [1.82, 2.24) is 10.1 Å². The molecule has 104 valence electrons. The Hall–Kier alpha value is -2.17. The van der Waals surface area contributed by atoms with Gasteiger partial charge in [0.1, 0.15) is 5.69 Å². The first-order valence-electron chi connectivity index (χ1n) is 7.01. The van der Waals surface area contributed by atoms with Crippen molar-refractivity contribution in [2.45, 2.75) is 32.1 Å². The van der Waals surface area contributed by atoms with Crippen LogP contribution in [-0.2, 0) is 4.79 Å². The number of anilines is 1. The molecule has 2 aromatic rings. The lowest BCUT2D eigenvalue weighted by atomic mass is 9.89. The van der Waals surface area contributed by atoms with Crippen LogP contribution in [0.2, 0.25) is 0 Å². The Bertz CT molecular complexity index is 574. The second-order valence-electron chi connectivity index (χ2n) is 5.14. The van der Waals surface area contributed by atoms with E-state index in [-0.39, 0.29) is 11.8 Å². The Labute approximate surface area is 117 Å². The van der Waals surface area contributed by atoms with Crippen molar-refractivity contribution in [2.24, 2.45) is 5.92 Å². The van der Waals surface area contributed by atoms with E-state index in [0.717, 1.165) is 31.2 Å². The molecule has 1 aliphatic rings. The smallest absolute Gasteiger partial charge is 0.231 e. The third-order valence-electron chi connectivity index (χ3n) is 3.69. The molecule has 20 heavy (non-hydrogen) atoms. The molecule has 1 aliphatic carbocycles. The van der Waals surface area contributed by atoms with Crippen molar-refractivity contribution in [3.8, 4) is 11.3 Å². The van der Waals surface area contributed by atoms with Gasteiger partial charge in [0.05, 0.1) is 0 Å². The fourth-order valence-corrected chi connectivity index (χ4v) is 2.57. The quantitative estimate of drug-likeness (QED) is 0.930. The average molecular weight is 271 g/mol. The molecule has 2 aromatic heterocycles. The Morgan fingerprint density at radius 3 is 2.90 bits per heavy atom. The first-order chi connectivity index (χ1) is 9.83. The molecule has 3 rings (SSSR count). The number of carbonyl (C=O) groups is 1. The van der Waals surface area contributed by atoms with E-state index in [2.05, 4.69) is 15.5 Å². The van der Waals surface area contributed by atoms with Crippen molar-refractivity contribution in [1.29, 1.82) is 0 Å². The molecule has 2 heterocycles. The summed E-state index contributed by atoms with van der Waals surface area (Å²) in [6, 6.07) is 5.47. The highest BCUT2D eigenvalue weighted by molar-refractivity contribution is 5.91. The second kappa shape index (κ2) is 5.86. The van der Waals surface area contributed by atoms with Crippen LogP contribution < -0.4 is 5.32 Å². The minimum Gasteiger partial charge on any atom is -0.338 e. The van der Waals surface area contributed by atoms with Crippen LogP contribution in [-0.4, -0.2) is 16.0 Å². The zero-order valence-corrected chi connectivity index (χ0v) is 11.2. The van der Waals surface area contributed by atoms with E-state index in [9.17, 15) is 4.79 Å². The molecule has 0 aliphatic heterocycles. The van der Waals surface area contributed by atoms with Crippen LogP contribution >= 0.6 is 0 Å². The summed E-state index contributed by atoms with van der Waals surface area (Å²) in [4.78, 5) is 16.1. The molecule has 0 unspecified atom stereocenters. The normalized spacial score (nSPS) is 16.0. The van der Waals surface area contributed by atoms with E-state index in [0.29, 0.717) is 11.6 Å². The molecule has 0 radical (unpaired) electrons. The van der Waals surface area contributed by atoms with E-state index in [1.54, 1.807) is 18.5 Å². The van der Waals surface area contributed by atoms with E-state index < -0.39 is 0 Å². The van der Waals surface area contributed by atoms with E-state index in [1.165, 1.54) is 6.42 Å². The SMILES string of the molecule is O=C(Nc1cc(-c2cccnc2)no1)C1CCCCC1. The van der Waals surface area contributed by atoms with Crippen LogP contribution in [0.25, 0.3) is 11.3 Å². The summed E-state index contributed by atoms with van der Waals surface area (Å²) in [6.45, 7) is 0. The van der Waals surface area contributed by atoms with Gasteiger partial charge < -0.3 is 4.52 Å². The predicted octanol–water partition coefficient (Wildman–Crippen LogP) is 3.26. The Morgan fingerprint density at radius 2 is 2.15 bits per heavy atom. The van der Waals surface area contributed by atoms with Gasteiger partial charge in [-0.3, -0.25) is 15.1 Å². The highest BCUT2D eigenvalue weighted by Crippen LogP contribution is 2.26. The Kier molecular flexibility index (Phi) is 3.76. The fourth-order valence-electron chi connectivity index (χ4n) is 2.57. The van der Waals surface area contributed by atoms with Gasteiger partial charge in [0.15, 0.2) is 0 Å². The molecule has 0 aromatic carbocycles. The molecule has 0 spiro atoms. The maximum Gasteiger partial charge on any atom is 0.231 e. The minimum atomic E-state index is 0.0404. The number of rotatable bonds is 3. The van der Waals surface area contributed by atoms with Crippen molar-refractivity contribution in [3.63, 3.8) is 0 Å². The van der Waals surface area contributed by atoms with Crippen LogP contribution in [0.1, 0.15) is 32.1 Å². The number of carbonyl (C=O) groups excluding carboxylic acids is 1. The maximum atomic E-state index is 12.1. The van der Waals surface area contributed by atoms with E-state index in [1.807, 2.05) is 12.1 Å². The molecule has 1 fully saturated rings. The summed E-state index contributed by atoms with van der Waals surface area (Å²) in [5.74, 6) is 0.550. The van der Waals surface area contributed by atoms with Gasteiger partial charge in [-0.15, -0.1) is 0 Å². The molecule has 0 atom stereocenters. The molecule has 1 saturated carbocycles. The van der Waals surface area contributed by atoms with Crippen LogP contribution in [0.3, 0.4) is 0 Å². The van der Waals surface area contributed by atoms with Crippen molar-refractivity contribution in [3.05, 3.63) is 30.6 Å². The summed E-state index contributed by atoms with van der Waals surface area (Å²) >= 11 is 0. The van der Waals surface area contributed by atoms with E-state index in [4.69, 9.17) is 4.52 Å². The standard InChI is InChI=1S/C15H17N3O2/c19-15(11-5-2-1-3-6-11)17-14-9-13(18-20-14)12-7-4-8-16-10-12/h4,7-11H,1-3,5-6H2,(H,17,19). The summed E-state index contributed by atoms with van der Waals surface area (Å²) in [6.07, 6.45) is 8.85. The number of aromatic nitrogens is 2. The highest BCUT2D eigenvalue weighted by atomic mass is 16.5. The molecular formula is C15H17N3O2. The summed E-state index contributed by atoms with van der Waals surface area (Å²) in [5, 5.41) is 6.77. The van der Waals surface area contributed by atoms with Crippen molar-refractivity contribution < 1.29 is 9.32 Å². The molecular weight excluding hydrogens is 254 g/mol. The minimum absolute atomic E-state index is 0.0404. The molecule has 1 N–H and O–H groups in total. The third kappa shape index (κ3) is 2.87. The second-order valence-corrected chi connectivity index (χ2v) is 5.14. The number of hydrogen-bond acceptors (Lipinski definition) is 4. The molecule has 5 nitrogen and oxygen atoms in total. The zero-order valence-electron chi connectivity index (χ0n) is 11.2. The number of nitrogens with one attached hydrogen (secondary N) is 1. The number of nitrogens with zero attached hydrogens (tertiary/aromatic N) is 2. The van der Waals surface area contributed by atoms with Crippen molar-refractivity contribution in [2.75, 3.05) is 5.32 Å². The lowest BCUT2D eigenvalue weighted by Gasteiger charge is -2.19. The fraction of sp³-hybridized carbons (Fsp3) is 0.400. The van der Waals surface area contributed by atoms with Gasteiger partial charge in [-0.2, -0.15) is 0 Å². The third-order valence-corrected chi connectivity index (χ3v) is 3.69. The number of amides is 1. The number of pyridine rings is 1. The molecule has 0 bridgehead atoms. The Balaban J connectivity index is 1.66. The van der Waals surface area contributed by atoms with E-state index >= 15 is 0 Å². The molecule has 5 heteroatoms. The zero-order chi connectivity index (χ0) is 13.8. The lowest BCUT2D eigenvalue weighted by molar-refractivity contribution is -0.120. The average Bonchev–Trinajstić information content (AvgIpc) is 2.97. The lowest BCUT2D eigenvalue weighted by Crippen LogP contribution is -2.24. The first-order valence-corrected chi connectivity index (χ1v) is 7.01. The van der Waals surface area contributed by atoms with Gasteiger partial charge in [-0.25, -0.2) is 0 Å². The summed E-state index contributed by atoms with van der Waals surface area (Å²) in [7, 11) is 0. The Morgan fingerprint density at radius 1 is 1.30 bits per heavy atom. The topological polar surface area (TPSA) is 68.0 Å². The summed E-state index contributed by atoms with van der Waals surface area (Å²) in [5.41, 5.74) is 1.55. The van der Waals surface area contributed by atoms with Crippen LogP contribution in [0, 0.1) is 5.92 Å². The van der Waals surface area contributed by atoms with Crippen LogP contribution in [0.15, 0.2) is 35.1 Å². The van der Waals surface area contributed by atoms with Gasteiger partial charge in [-0.1, -0.05) is 24.4 Å². The number of hydrogen-bond donors (Lipinski definition) is 1. The highest BCUT2D eigenvalue weighted by Gasteiger charge is 2.22. The van der Waals surface area contributed by atoms with Crippen LogP contribution in [0.4, 0.5) is 5.88 Å². The van der Waals surface area contributed by atoms with Gasteiger partial charge in [0, 0.05) is 29.9 Å². The van der Waals surface area contributed by atoms with Gasteiger partial charge in [-0.05, 0) is 25.0 Å².